The molecule has 0 fully saturated rings. The molecule has 4 rings (SSSR count). The highest BCUT2D eigenvalue weighted by Gasteiger charge is 2.26. The van der Waals surface area contributed by atoms with Crippen molar-refractivity contribution in [3.63, 3.8) is 0 Å². The molecule has 5 nitrogen and oxygen atoms in total. The van der Waals surface area contributed by atoms with Gasteiger partial charge in [0.1, 0.15) is 11.5 Å². The van der Waals surface area contributed by atoms with Gasteiger partial charge >= 0.3 is 5.97 Å². The van der Waals surface area contributed by atoms with Crippen molar-refractivity contribution < 1.29 is 19.0 Å². The van der Waals surface area contributed by atoms with Crippen molar-refractivity contribution in [2.75, 3.05) is 14.2 Å². The van der Waals surface area contributed by atoms with E-state index in [1.807, 2.05) is 34.9 Å². The van der Waals surface area contributed by atoms with Crippen molar-refractivity contribution in [2.24, 2.45) is 0 Å². The quantitative estimate of drug-likeness (QED) is 0.308. The van der Waals surface area contributed by atoms with E-state index in [0.29, 0.717) is 44.9 Å². The molecule has 0 amide bonds. The predicted molar refractivity (Wildman–Crippen MR) is 122 cm³/mol. The van der Waals surface area contributed by atoms with E-state index in [2.05, 4.69) is 0 Å². The molecule has 1 aromatic heterocycles. The fourth-order valence-electron chi connectivity index (χ4n) is 3.40. The average molecular weight is 456 g/mol. The number of methoxy groups -OCH3 is 2. The zero-order valence-corrected chi connectivity index (χ0v) is 18.4. The van der Waals surface area contributed by atoms with Crippen LogP contribution in [0.15, 0.2) is 66.7 Å². The van der Waals surface area contributed by atoms with Gasteiger partial charge in [-0.1, -0.05) is 35.3 Å². The van der Waals surface area contributed by atoms with E-state index < -0.39 is 5.97 Å². The second kappa shape index (κ2) is 8.92. The Labute approximate surface area is 189 Å². The standard InChI is InChI=1S/C24H19Cl2NO4/c1-29-18-8-10-19(11-9-18)31-23-20-13-17(26)7-12-21(20)27(22(23)24(28)30-2)14-15-3-5-16(25)6-4-15/h3-13H,14H2,1-2H3. The first kappa shape index (κ1) is 21.1. The fourth-order valence-corrected chi connectivity index (χ4v) is 3.70. The molecular weight excluding hydrogens is 437 g/mol. The van der Waals surface area contributed by atoms with Crippen LogP contribution in [0.5, 0.6) is 17.2 Å². The van der Waals surface area contributed by atoms with Crippen LogP contribution in [0.1, 0.15) is 16.1 Å². The molecule has 0 saturated carbocycles. The highest BCUT2D eigenvalue weighted by molar-refractivity contribution is 6.31. The third-order valence-corrected chi connectivity index (χ3v) is 5.38. The Morgan fingerprint density at radius 1 is 0.871 bits per heavy atom. The van der Waals surface area contributed by atoms with Crippen molar-refractivity contribution in [2.45, 2.75) is 6.54 Å². The molecule has 4 aromatic rings. The Hall–Kier alpha value is -3.15. The summed E-state index contributed by atoms with van der Waals surface area (Å²) < 4.78 is 18.3. The lowest BCUT2D eigenvalue weighted by Gasteiger charge is -2.11. The molecule has 0 N–H and O–H groups in total. The molecule has 0 aliphatic heterocycles. The Balaban J connectivity index is 1.89. The van der Waals surface area contributed by atoms with Crippen molar-refractivity contribution in [3.8, 4) is 17.2 Å². The van der Waals surface area contributed by atoms with Crippen LogP contribution in [-0.2, 0) is 11.3 Å². The van der Waals surface area contributed by atoms with Gasteiger partial charge in [-0.15, -0.1) is 0 Å². The molecule has 0 unspecified atom stereocenters. The molecule has 0 radical (unpaired) electrons. The molecule has 0 aliphatic rings. The van der Waals surface area contributed by atoms with Crippen LogP contribution in [0.2, 0.25) is 10.0 Å². The van der Waals surface area contributed by atoms with Gasteiger partial charge in [0.15, 0.2) is 11.4 Å². The Morgan fingerprint density at radius 3 is 2.16 bits per heavy atom. The Kier molecular flexibility index (Phi) is 6.07. The first-order chi connectivity index (χ1) is 15.0. The number of carbonyl (C=O) groups is 1. The van der Waals surface area contributed by atoms with Gasteiger partial charge in [-0.25, -0.2) is 4.79 Å². The van der Waals surface area contributed by atoms with Crippen molar-refractivity contribution in [1.82, 2.24) is 4.57 Å². The minimum Gasteiger partial charge on any atom is -0.497 e. The fraction of sp³-hybridized carbons (Fsp3) is 0.125. The van der Waals surface area contributed by atoms with Crippen LogP contribution in [-0.4, -0.2) is 24.8 Å². The summed E-state index contributed by atoms with van der Waals surface area (Å²) in [5, 5.41) is 1.88. The second-order valence-electron chi connectivity index (χ2n) is 6.82. The molecule has 0 atom stereocenters. The summed E-state index contributed by atoms with van der Waals surface area (Å²) in [6.07, 6.45) is 0. The largest absolute Gasteiger partial charge is 0.497 e. The third-order valence-electron chi connectivity index (χ3n) is 4.89. The highest BCUT2D eigenvalue weighted by Crippen LogP contribution is 2.39. The van der Waals surface area contributed by atoms with Crippen LogP contribution in [0.25, 0.3) is 10.9 Å². The lowest BCUT2D eigenvalue weighted by atomic mass is 10.2. The molecular formula is C24H19Cl2NO4. The SMILES string of the molecule is COC(=O)c1c(Oc2ccc(OC)cc2)c2cc(Cl)ccc2n1Cc1ccc(Cl)cc1. The van der Waals surface area contributed by atoms with E-state index in [9.17, 15) is 4.79 Å². The van der Waals surface area contributed by atoms with Crippen molar-refractivity contribution >= 4 is 40.1 Å². The monoisotopic (exact) mass is 455 g/mol. The van der Waals surface area contributed by atoms with Gasteiger partial charge in [0, 0.05) is 22.0 Å². The molecule has 1 heterocycles. The first-order valence-corrected chi connectivity index (χ1v) is 10.2. The van der Waals surface area contributed by atoms with Crippen molar-refractivity contribution in [3.05, 3.63) is 88.0 Å². The topological polar surface area (TPSA) is 49.7 Å². The van der Waals surface area contributed by atoms with Gasteiger partial charge in [0.2, 0.25) is 0 Å². The van der Waals surface area contributed by atoms with Gasteiger partial charge in [0.25, 0.3) is 0 Å². The predicted octanol–water partition coefficient (Wildman–Crippen LogP) is 6.58. The van der Waals surface area contributed by atoms with E-state index >= 15 is 0 Å². The zero-order valence-electron chi connectivity index (χ0n) is 16.9. The number of aromatic nitrogens is 1. The second-order valence-corrected chi connectivity index (χ2v) is 7.69. The van der Waals surface area contributed by atoms with Crippen molar-refractivity contribution in [1.29, 1.82) is 0 Å². The average Bonchev–Trinajstić information content (AvgIpc) is 3.07. The number of nitrogens with zero attached hydrogens (tertiary/aromatic N) is 1. The van der Waals surface area contributed by atoms with Gasteiger partial charge < -0.3 is 18.8 Å². The summed E-state index contributed by atoms with van der Waals surface area (Å²) in [5.74, 6) is 1.12. The smallest absolute Gasteiger partial charge is 0.358 e. The number of ether oxygens (including phenoxy) is 3. The summed E-state index contributed by atoms with van der Waals surface area (Å²) >= 11 is 12.3. The Morgan fingerprint density at radius 2 is 1.52 bits per heavy atom. The minimum atomic E-state index is -0.509. The molecule has 158 valence electrons. The third kappa shape index (κ3) is 4.33. The maximum Gasteiger partial charge on any atom is 0.358 e. The number of fused-ring (bicyclic) bond motifs is 1. The minimum absolute atomic E-state index is 0.297. The van der Waals surface area contributed by atoms with E-state index in [1.165, 1.54) is 7.11 Å². The molecule has 0 saturated heterocycles. The van der Waals surface area contributed by atoms with Crippen LogP contribution in [0, 0.1) is 0 Å². The van der Waals surface area contributed by atoms with Crippen LogP contribution in [0.4, 0.5) is 0 Å². The van der Waals surface area contributed by atoms with Crippen LogP contribution >= 0.6 is 23.2 Å². The lowest BCUT2D eigenvalue weighted by molar-refractivity contribution is 0.0586. The van der Waals surface area contributed by atoms with E-state index in [1.54, 1.807) is 43.5 Å². The number of carbonyl (C=O) groups excluding carboxylic acids is 1. The molecule has 3 aromatic carbocycles. The van der Waals surface area contributed by atoms with Gasteiger partial charge in [-0.2, -0.15) is 0 Å². The molecule has 0 spiro atoms. The van der Waals surface area contributed by atoms with Crippen LogP contribution < -0.4 is 9.47 Å². The number of hydrogen-bond acceptors (Lipinski definition) is 4. The maximum absolute atomic E-state index is 12.8. The summed E-state index contributed by atoms with van der Waals surface area (Å²) in [6.45, 7) is 0.422. The molecule has 7 heteroatoms. The molecule has 0 aliphatic carbocycles. The van der Waals surface area contributed by atoms with Gasteiger partial charge in [-0.05, 0) is 60.2 Å². The van der Waals surface area contributed by atoms with E-state index in [-0.39, 0.29) is 0 Å². The number of hydrogen-bond donors (Lipinski definition) is 0. The van der Waals surface area contributed by atoms with E-state index in [4.69, 9.17) is 37.4 Å². The number of halogens is 2. The summed E-state index contributed by atoms with van der Waals surface area (Å²) in [7, 11) is 2.94. The maximum atomic E-state index is 12.8. The first-order valence-electron chi connectivity index (χ1n) is 9.46. The normalized spacial score (nSPS) is 10.8. The number of esters is 1. The summed E-state index contributed by atoms with van der Waals surface area (Å²) in [5.41, 5.74) is 2.06. The van der Waals surface area contributed by atoms with Crippen LogP contribution in [0.3, 0.4) is 0 Å². The zero-order chi connectivity index (χ0) is 22.0. The Bertz CT molecular complexity index is 1230. The molecule has 0 bridgehead atoms. The molecule has 31 heavy (non-hydrogen) atoms. The number of benzene rings is 3. The highest BCUT2D eigenvalue weighted by atomic mass is 35.5. The van der Waals surface area contributed by atoms with Gasteiger partial charge in [0.05, 0.1) is 19.7 Å². The summed E-state index contributed by atoms with van der Waals surface area (Å²) in [6, 6.07) is 20.0. The lowest BCUT2D eigenvalue weighted by Crippen LogP contribution is -2.12. The summed E-state index contributed by atoms with van der Waals surface area (Å²) in [4.78, 5) is 12.8. The van der Waals surface area contributed by atoms with Gasteiger partial charge in [-0.3, -0.25) is 0 Å². The van der Waals surface area contributed by atoms with E-state index in [0.717, 1.165) is 11.1 Å². The number of rotatable bonds is 6.